The van der Waals surface area contributed by atoms with Crippen LogP contribution >= 0.6 is 35.3 Å². The van der Waals surface area contributed by atoms with Crippen LogP contribution in [0.15, 0.2) is 57.5 Å². The van der Waals surface area contributed by atoms with Crippen molar-refractivity contribution in [2.24, 2.45) is 4.99 Å². The molecule has 1 amide bonds. The van der Waals surface area contributed by atoms with Crippen molar-refractivity contribution in [2.75, 3.05) is 12.4 Å². The molecule has 0 bridgehead atoms. The molecule has 0 aliphatic carbocycles. The van der Waals surface area contributed by atoms with Crippen LogP contribution in [0.5, 0.6) is 0 Å². The number of aliphatic imine (C=N–C) groups is 1. The SMILES string of the molecule is CN=C(NCc1ccc(NC(=O)c2ccco2)cc1)NCc1nc(C(F)(F)F)cs1.I. The average molecular weight is 565 g/mol. The summed E-state index contributed by atoms with van der Waals surface area (Å²) in [7, 11) is 1.56. The van der Waals surface area contributed by atoms with Crippen LogP contribution in [0.2, 0.25) is 0 Å². The Kier molecular flexibility index (Phi) is 8.86. The van der Waals surface area contributed by atoms with E-state index in [-0.39, 0.29) is 42.2 Å². The Morgan fingerprint density at radius 2 is 1.87 bits per heavy atom. The summed E-state index contributed by atoms with van der Waals surface area (Å²) in [5.41, 5.74) is 0.640. The molecule has 0 fully saturated rings. The second-order valence-corrected chi connectivity index (χ2v) is 6.97. The number of rotatable bonds is 6. The monoisotopic (exact) mass is 565 g/mol. The fraction of sp³-hybridized carbons (Fsp3) is 0.211. The highest BCUT2D eigenvalue weighted by molar-refractivity contribution is 14.0. The van der Waals surface area contributed by atoms with Crippen LogP contribution in [0, 0.1) is 0 Å². The topological polar surface area (TPSA) is 91.5 Å². The second-order valence-electron chi connectivity index (χ2n) is 6.03. The Balaban J connectivity index is 0.00000341. The Bertz CT molecular complexity index is 1000. The Hall–Kier alpha value is -2.61. The number of nitrogens with zero attached hydrogens (tertiary/aromatic N) is 2. The van der Waals surface area contributed by atoms with Crippen LogP contribution < -0.4 is 16.0 Å². The van der Waals surface area contributed by atoms with Gasteiger partial charge in [0.15, 0.2) is 17.4 Å². The van der Waals surface area contributed by atoms with E-state index in [0.717, 1.165) is 22.3 Å². The van der Waals surface area contributed by atoms with Crippen molar-refractivity contribution in [3.05, 3.63) is 70.1 Å². The van der Waals surface area contributed by atoms with Gasteiger partial charge in [0.1, 0.15) is 5.01 Å². The molecule has 2 heterocycles. The molecule has 12 heteroatoms. The summed E-state index contributed by atoms with van der Waals surface area (Å²) in [6.45, 7) is 0.552. The normalized spacial score (nSPS) is 11.5. The molecular weight excluding hydrogens is 546 g/mol. The second kappa shape index (κ2) is 11.1. The number of aromatic nitrogens is 1. The van der Waals surface area contributed by atoms with Crippen LogP contribution in [0.1, 0.15) is 26.8 Å². The van der Waals surface area contributed by atoms with Gasteiger partial charge in [-0.05, 0) is 29.8 Å². The van der Waals surface area contributed by atoms with Gasteiger partial charge in [-0.25, -0.2) is 4.98 Å². The maximum Gasteiger partial charge on any atom is 0.434 e. The zero-order valence-corrected chi connectivity index (χ0v) is 19.3. The minimum Gasteiger partial charge on any atom is -0.459 e. The van der Waals surface area contributed by atoms with Crippen LogP contribution in [0.3, 0.4) is 0 Å². The van der Waals surface area contributed by atoms with E-state index < -0.39 is 11.9 Å². The number of amides is 1. The van der Waals surface area contributed by atoms with Crippen molar-refractivity contribution >= 4 is 52.9 Å². The first-order valence-electron chi connectivity index (χ1n) is 8.75. The van der Waals surface area contributed by atoms with Crippen molar-refractivity contribution in [2.45, 2.75) is 19.3 Å². The highest BCUT2D eigenvalue weighted by Crippen LogP contribution is 2.29. The Morgan fingerprint density at radius 3 is 2.45 bits per heavy atom. The minimum atomic E-state index is -4.45. The molecule has 0 unspecified atom stereocenters. The molecule has 7 nitrogen and oxygen atoms in total. The first-order valence-corrected chi connectivity index (χ1v) is 9.63. The van der Waals surface area contributed by atoms with E-state index in [1.807, 2.05) is 12.1 Å². The molecule has 3 aromatic rings. The molecule has 0 radical (unpaired) electrons. The van der Waals surface area contributed by atoms with Gasteiger partial charge < -0.3 is 20.4 Å². The van der Waals surface area contributed by atoms with Gasteiger partial charge in [0.05, 0.1) is 12.8 Å². The fourth-order valence-corrected chi connectivity index (χ4v) is 3.13. The number of benzene rings is 1. The molecule has 0 spiro atoms. The van der Waals surface area contributed by atoms with Gasteiger partial charge in [0.2, 0.25) is 0 Å². The van der Waals surface area contributed by atoms with Gasteiger partial charge in [0.25, 0.3) is 5.91 Å². The standard InChI is InChI=1S/C19H18F3N5O2S.HI/c1-23-18(25-10-16-27-15(11-30-16)19(20,21)22)24-9-12-4-6-13(7-5-12)26-17(28)14-3-2-8-29-14;/h2-8,11H,9-10H2,1H3,(H,26,28)(H2,23,24,25);1H. The smallest absolute Gasteiger partial charge is 0.434 e. The van der Waals surface area contributed by atoms with E-state index in [0.29, 0.717) is 23.2 Å². The fourth-order valence-electron chi connectivity index (χ4n) is 2.39. The third-order valence-corrected chi connectivity index (χ3v) is 4.74. The summed E-state index contributed by atoms with van der Waals surface area (Å²) in [6, 6.07) is 10.4. The molecule has 0 aliphatic heterocycles. The lowest BCUT2D eigenvalue weighted by Gasteiger charge is -2.11. The summed E-state index contributed by atoms with van der Waals surface area (Å²) in [5, 5.41) is 10.0. The van der Waals surface area contributed by atoms with Gasteiger partial charge >= 0.3 is 6.18 Å². The number of hydrogen-bond donors (Lipinski definition) is 3. The maximum absolute atomic E-state index is 12.6. The van der Waals surface area contributed by atoms with Gasteiger partial charge in [0, 0.05) is 24.7 Å². The van der Waals surface area contributed by atoms with Crippen LogP contribution in [0.25, 0.3) is 0 Å². The van der Waals surface area contributed by atoms with E-state index in [1.165, 1.54) is 6.26 Å². The van der Waals surface area contributed by atoms with E-state index in [9.17, 15) is 18.0 Å². The first-order chi connectivity index (χ1) is 14.3. The zero-order valence-electron chi connectivity index (χ0n) is 16.2. The number of thiazole rings is 1. The maximum atomic E-state index is 12.6. The molecule has 31 heavy (non-hydrogen) atoms. The summed E-state index contributed by atoms with van der Waals surface area (Å²) < 4.78 is 42.9. The Morgan fingerprint density at radius 1 is 1.16 bits per heavy atom. The van der Waals surface area contributed by atoms with Gasteiger partial charge in [-0.2, -0.15) is 13.2 Å². The molecule has 3 N–H and O–H groups in total. The van der Waals surface area contributed by atoms with Crippen molar-refractivity contribution in [3.8, 4) is 0 Å². The lowest BCUT2D eigenvalue weighted by molar-refractivity contribution is -0.140. The van der Waals surface area contributed by atoms with Crippen LogP contribution in [-0.4, -0.2) is 23.9 Å². The summed E-state index contributed by atoms with van der Waals surface area (Å²) >= 11 is 0.931. The molecule has 0 saturated carbocycles. The van der Waals surface area contributed by atoms with Crippen molar-refractivity contribution in [1.82, 2.24) is 15.6 Å². The predicted octanol–water partition coefficient (Wildman–Crippen LogP) is 4.49. The lowest BCUT2D eigenvalue weighted by atomic mass is 10.2. The number of anilines is 1. The van der Waals surface area contributed by atoms with E-state index >= 15 is 0 Å². The number of furan rings is 1. The summed E-state index contributed by atoms with van der Waals surface area (Å²) in [4.78, 5) is 19.6. The van der Waals surface area contributed by atoms with Gasteiger partial charge in [-0.1, -0.05) is 12.1 Å². The first kappa shape index (κ1) is 24.7. The predicted molar refractivity (Wildman–Crippen MR) is 123 cm³/mol. The minimum absolute atomic E-state index is 0. The molecule has 0 saturated heterocycles. The zero-order chi connectivity index (χ0) is 21.6. The third kappa shape index (κ3) is 7.24. The summed E-state index contributed by atoms with van der Waals surface area (Å²) in [6.07, 6.45) is -3.02. The molecule has 1 aromatic carbocycles. The molecule has 0 atom stereocenters. The third-order valence-electron chi connectivity index (χ3n) is 3.89. The van der Waals surface area contributed by atoms with Crippen molar-refractivity contribution < 1.29 is 22.4 Å². The average Bonchev–Trinajstić information content (AvgIpc) is 3.41. The number of hydrogen-bond acceptors (Lipinski definition) is 5. The van der Waals surface area contributed by atoms with Crippen molar-refractivity contribution in [1.29, 1.82) is 0 Å². The highest BCUT2D eigenvalue weighted by atomic mass is 127. The van der Waals surface area contributed by atoms with Crippen LogP contribution in [0.4, 0.5) is 18.9 Å². The van der Waals surface area contributed by atoms with Crippen molar-refractivity contribution in [3.63, 3.8) is 0 Å². The number of alkyl halides is 3. The summed E-state index contributed by atoms with van der Waals surface area (Å²) in [5.74, 6) is 0.304. The number of carbonyl (C=O) groups excluding carboxylic acids is 1. The number of nitrogens with one attached hydrogen (secondary N) is 3. The molecular formula is C19H19F3IN5O2S. The number of carbonyl (C=O) groups is 1. The quantitative estimate of drug-likeness (QED) is 0.233. The van der Waals surface area contributed by atoms with E-state index in [2.05, 4.69) is 25.9 Å². The van der Waals surface area contributed by atoms with Crippen LogP contribution in [-0.2, 0) is 19.3 Å². The number of halogens is 4. The van der Waals surface area contributed by atoms with E-state index in [1.54, 1.807) is 31.3 Å². The molecule has 2 aromatic heterocycles. The lowest BCUT2D eigenvalue weighted by Crippen LogP contribution is -2.36. The molecule has 166 valence electrons. The van der Waals surface area contributed by atoms with E-state index in [4.69, 9.17) is 4.42 Å². The largest absolute Gasteiger partial charge is 0.459 e. The Labute approximate surface area is 197 Å². The number of guanidine groups is 1. The van der Waals surface area contributed by atoms with Gasteiger partial charge in [-0.15, -0.1) is 35.3 Å². The van der Waals surface area contributed by atoms with Gasteiger partial charge in [-0.3, -0.25) is 9.79 Å². The molecule has 3 rings (SSSR count). The molecule has 0 aliphatic rings. The highest BCUT2D eigenvalue weighted by Gasteiger charge is 2.33.